The minimum atomic E-state index is -1.10. The van der Waals surface area contributed by atoms with Crippen molar-refractivity contribution in [1.29, 1.82) is 0 Å². The molecule has 19 heavy (non-hydrogen) atoms. The number of nitrogens with one attached hydrogen (secondary N) is 1. The molecule has 0 saturated carbocycles. The Morgan fingerprint density at radius 3 is 2.68 bits per heavy atom. The van der Waals surface area contributed by atoms with Gasteiger partial charge >= 0.3 is 5.97 Å². The summed E-state index contributed by atoms with van der Waals surface area (Å²) in [4.78, 5) is 10.7. The number of aromatic carboxylic acids is 1. The highest BCUT2D eigenvalue weighted by atomic mass is 16.5. The molecular formula is C13H13N3O3. The van der Waals surface area contributed by atoms with Crippen LogP contribution in [0, 0.1) is 0 Å². The van der Waals surface area contributed by atoms with Gasteiger partial charge in [0, 0.05) is 18.4 Å². The van der Waals surface area contributed by atoms with E-state index in [-0.39, 0.29) is 5.69 Å². The van der Waals surface area contributed by atoms with Crippen LogP contribution >= 0.6 is 0 Å². The van der Waals surface area contributed by atoms with E-state index in [0.29, 0.717) is 12.4 Å². The molecule has 6 heteroatoms. The lowest BCUT2D eigenvalue weighted by Crippen LogP contribution is -2.04. The Balaban J connectivity index is 2.19. The lowest BCUT2D eigenvalue weighted by atomic mass is 10.2. The molecule has 0 spiro atoms. The molecule has 0 saturated heterocycles. The van der Waals surface area contributed by atoms with Crippen LogP contribution in [0.3, 0.4) is 0 Å². The van der Waals surface area contributed by atoms with Gasteiger partial charge in [-0.25, -0.2) is 4.79 Å². The monoisotopic (exact) mass is 259 g/mol. The van der Waals surface area contributed by atoms with Crippen molar-refractivity contribution < 1.29 is 14.6 Å². The van der Waals surface area contributed by atoms with E-state index in [2.05, 4.69) is 15.5 Å². The van der Waals surface area contributed by atoms with Gasteiger partial charge in [0.25, 0.3) is 0 Å². The van der Waals surface area contributed by atoms with E-state index >= 15 is 0 Å². The van der Waals surface area contributed by atoms with Crippen molar-refractivity contribution >= 4 is 17.5 Å². The molecule has 6 nitrogen and oxygen atoms in total. The van der Waals surface area contributed by atoms with E-state index in [0.717, 1.165) is 11.3 Å². The molecule has 1 aromatic heterocycles. The normalized spacial score (nSPS) is 10.2. The lowest BCUT2D eigenvalue weighted by molar-refractivity contribution is 0.0689. The molecule has 0 aliphatic heterocycles. The summed E-state index contributed by atoms with van der Waals surface area (Å²) in [7, 11) is 1.62. The summed E-state index contributed by atoms with van der Waals surface area (Å²) in [5.74, 6) is -0.618. The maximum absolute atomic E-state index is 10.7. The van der Waals surface area contributed by atoms with Crippen LogP contribution in [0.15, 0.2) is 36.4 Å². The van der Waals surface area contributed by atoms with Gasteiger partial charge in [0.1, 0.15) is 0 Å². The first kappa shape index (κ1) is 13.0. The Kier molecular flexibility index (Phi) is 4.04. The van der Waals surface area contributed by atoms with Crippen molar-refractivity contribution in [2.24, 2.45) is 0 Å². The van der Waals surface area contributed by atoms with E-state index in [9.17, 15) is 4.79 Å². The molecule has 0 aliphatic rings. The highest BCUT2D eigenvalue weighted by Crippen LogP contribution is 2.19. The van der Waals surface area contributed by atoms with E-state index < -0.39 is 5.97 Å². The Labute approximate surface area is 110 Å². The van der Waals surface area contributed by atoms with Crippen molar-refractivity contribution in [3.05, 3.63) is 47.7 Å². The van der Waals surface area contributed by atoms with Crippen molar-refractivity contribution in [2.45, 2.75) is 6.61 Å². The Morgan fingerprint density at radius 2 is 2.05 bits per heavy atom. The third kappa shape index (κ3) is 3.26. The summed E-state index contributed by atoms with van der Waals surface area (Å²) in [6.07, 6.45) is 0. The summed E-state index contributed by atoms with van der Waals surface area (Å²) < 4.78 is 5.10. The second-order valence-corrected chi connectivity index (χ2v) is 3.82. The largest absolute Gasteiger partial charge is 0.476 e. The fraction of sp³-hybridized carbons (Fsp3) is 0.154. The average molecular weight is 259 g/mol. The molecular weight excluding hydrogens is 246 g/mol. The molecule has 0 fully saturated rings. The smallest absolute Gasteiger partial charge is 0.356 e. The third-order valence-corrected chi connectivity index (χ3v) is 2.46. The molecule has 0 atom stereocenters. The van der Waals surface area contributed by atoms with Crippen molar-refractivity contribution in [3.63, 3.8) is 0 Å². The summed E-state index contributed by atoms with van der Waals surface area (Å²) in [5, 5.41) is 19.2. The van der Waals surface area contributed by atoms with Crippen molar-refractivity contribution in [2.75, 3.05) is 12.4 Å². The first-order chi connectivity index (χ1) is 9.20. The number of methoxy groups -OCH3 is 1. The summed E-state index contributed by atoms with van der Waals surface area (Å²) in [6, 6.07) is 10.6. The Bertz CT molecular complexity index is 570. The maximum atomic E-state index is 10.7. The van der Waals surface area contributed by atoms with E-state index in [1.165, 1.54) is 6.07 Å². The standard InChI is InChI=1S/C13H13N3O3/c1-19-8-9-4-2-3-5-10(9)14-12-7-6-11(13(17)18)15-16-12/h2-7H,8H2,1H3,(H,14,16)(H,17,18). The number of hydrogen-bond donors (Lipinski definition) is 2. The number of carbonyl (C=O) groups is 1. The molecule has 0 unspecified atom stereocenters. The lowest BCUT2D eigenvalue weighted by Gasteiger charge is -2.10. The van der Waals surface area contributed by atoms with Crippen LogP contribution in [-0.4, -0.2) is 28.4 Å². The summed E-state index contributed by atoms with van der Waals surface area (Å²) in [6.45, 7) is 0.476. The van der Waals surface area contributed by atoms with Crippen molar-refractivity contribution in [3.8, 4) is 0 Å². The van der Waals surface area contributed by atoms with Crippen LogP contribution in [0.5, 0.6) is 0 Å². The van der Waals surface area contributed by atoms with Crippen LogP contribution < -0.4 is 5.32 Å². The number of nitrogens with zero attached hydrogens (tertiary/aromatic N) is 2. The number of carboxylic acids is 1. The first-order valence-electron chi connectivity index (χ1n) is 5.61. The highest BCUT2D eigenvalue weighted by molar-refractivity contribution is 5.85. The second-order valence-electron chi connectivity index (χ2n) is 3.82. The number of rotatable bonds is 5. The molecule has 1 aromatic carbocycles. The number of benzene rings is 1. The molecule has 0 bridgehead atoms. The van der Waals surface area contributed by atoms with Crippen LogP contribution in [0.2, 0.25) is 0 Å². The zero-order valence-electron chi connectivity index (χ0n) is 10.3. The SMILES string of the molecule is COCc1ccccc1Nc1ccc(C(=O)O)nn1. The van der Waals surface area contributed by atoms with Gasteiger partial charge < -0.3 is 15.2 Å². The quantitative estimate of drug-likeness (QED) is 0.855. The van der Waals surface area contributed by atoms with Crippen LogP contribution in [0.4, 0.5) is 11.5 Å². The van der Waals surface area contributed by atoms with E-state index in [1.54, 1.807) is 13.2 Å². The number of para-hydroxylation sites is 1. The molecule has 2 N–H and O–H groups in total. The number of aromatic nitrogens is 2. The molecule has 98 valence electrons. The van der Waals surface area contributed by atoms with Gasteiger partial charge in [-0.2, -0.15) is 0 Å². The average Bonchev–Trinajstić information content (AvgIpc) is 2.42. The van der Waals surface area contributed by atoms with Crippen LogP contribution in [-0.2, 0) is 11.3 Å². The second kappa shape index (κ2) is 5.92. The minimum absolute atomic E-state index is 0.0873. The predicted octanol–water partition coefficient (Wildman–Crippen LogP) is 2.06. The Morgan fingerprint density at radius 1 is 1.26 bits per heavy atom. The number of carboxylic acid groups (broad SMARTS) is 1. The van der Waals surface area contributed by atoms with Gasteiger partial charge in [-0.05, 0) is 18.2 Å². The van der Waals surface area contributed by atoms with Gasteiger partial charge in [-0.1, -0.05) is 18.2 Å². The van der Waals surface area contributed by atoms with Gasteiger partial charge in [0.05, 0.1) is 6.61 Å². The maximum Gasteiger partial charge on any atom is 0.356 e. The molecule has 2 aromatic rings. The predicted molar refractivity (Wildman–Crippen MR) is 69.4 cm³/mol. The first-order valence-corrected chi connectivity index (χ1v) is 5.61. The van der Waals surface area contributed by atoms with Gasteiger partial charge in [-0.15, -0.1) is 10.2 Å². The minimum Gasteiger partial charge on any atom is -0.476 e. The molecule has 0 amide bonds. The highest BCUT2D eigenvalue weighted by Gasteiger charge is 2.06. The number of anilines is 2. The van der Waals surface area contributed by atoms with E-state index in [1.807, 2.05) is 24.3 Å². The molecule has 0 radical (unpaired) electrons. The zero-order valence-corrected chi connectivity index (χ0v) is 10.3. The topological polar surface area (TPSA) is 84.3 Å². The zero-order chi connectivity index (χ0) is 13.7. The van der Waals surface area contributed by atoms with Gasteiger partial charge in [0.15, 0.2) is 11.5 Å². The van der Waals surface area contributed by atoms with Gasteiger partial charge in [0.2, 0.25) is 0 Å². The number of hydrogen-bond acceptors (Lipinski definition) is 5. The van der Waals surface area contributed by atoms with Crippen LogP contribution in [0.25, 0.3) is 0 Å². The molecule has 1 heterocycles. The third-order valence-electron chi connectivity index (χ3n) is 2.46. The van der Waals surface area contributed by atoms with Gasteiger partial charge in [-0.3, -0.25) is 0 Å². The molecule has 0 aliphatic carbocycles. The van der Waals surface area contributed by atoms with Crippen molar-refractivity contribution in [1.82, 2.24) is 10.2 Å². The fourth-order valence-corrected chi connectivity index (χ4v) is 1.57. The fourth-order valence-electron chi connectivity index (χ4n) is 1.57. The van der Waals surface area contributed by atoms with E-state index in [4.69, 9.17) is 9.84 Å². The summed E-state index contributed by atoms with van der Waals surface area (Å²) in [5.41, 5.74) is 1.74. The number of ether oxygens (including phenoxy) is 1. The Hall–Kier alpha value is -2.47. The van der Waals surface area contributed by atoms with Crippen LogP contribution in [0.1, 0.15) is 16.1 Å². The molecule has 2 rings (SSSR count). The summed E-state index contributed by atoms with van der Waals surface area (Å²) >= 11 is 0.